The van der Waals surface area contributed by atoms with Gasteiger partial charge in [0, 0.05) is 13.2 Å². The van der Waals surface area contributed by atoms with Gasteiger partial charge in [0.1, 0.15) is 17.2 Å². The highest BCUT2D eigenvalue weighted by molar-refractivity contribution is 14.1. The van der Waals surface area contributed by atoms with Gasteiger partial charge >= 0.3 is 0 Å². The number of ether oxygens (including phenoxy) is 3. The van der Waals surface area contributed by atoms with Crippen molar-refractivity contribution in [3.8, 4) is 17.2 Å². The molecule has 0 spiro atoms. The molecule has 0 unspecified atom stereocenters. The molecule has 0 fully saturated rings. The summed E-state index contributed by atoms with van der Waals surface area (Å²) in [7, 11) is 3.08. The van der Waals surface area contributed by atoms with E-state index in [1.54, 1.807) is 13.2 Å². The molecule has 0 aliphatic carbocycles. The van der Waals surface area contributed by atoms with Crippen LogP contribution in [0.15, 0.2) is 6.07 Å². The Balaban J connectivity index is 3.11. The van der Waals surface area contributed by atoms with Gasteiger partial charge in [0.15, 0.2) is 6.79 Å². The fraction of sp³-hybridized carbons (Fsp3) is 0.333. The first kappa shape index (κ1) is 13.1. The van der Waals surface area contributed by atoms with Gasteiger partial charge in [-0.25, -0.2) is 0 Å². The Bertz CT molecular complexity index is 354. The van der Waals surface area contributed by atoms with Gasteiger partial charge in [-0.3, -0.25) is 0 Å². The van der Waals surface area contributed by atoms with Crippen LogP contribution in [0.4, 0.5) is 0 Å². The molecular formula is C9H10I2O4. The number of hydrogen-bond acceptors (Lipinski definition) is 4. The molecule has 0 amide bonds. The van der Waals surface area contributed by atoms with Crippen LogP contribution >= 0.6 is 45.2 Å². The van der Waals surface area contributed by atoms with E-state index in [1.807, 2.05) is 45.2 Å². The van der Waals surface area contributed by atoms with E-state index in [-0.39, 0.29) is 12.5 Å². The van der Waals surface area contributed by atoms with Gasteiger partial charge in [0.25, 0.3) is 0 Å². The lowest BCUT2D eigenvalue weighted by atomic mass is 10.3. The van der Waals surface area contributed by atoms with Crippen molar-refractivity contribution in [2.45, 2.75) is 0 Å². The maximum atomic E-state index is 9.78. The summed E-state index contributed by atoms with van der Waals surface area (Å²) in [5.74, 6) is 1.30. The fourth-order valence-corrected chi connectivity index (χ4v) is 2.69. The number of phenols is 1. The van der Waals surface area contributed by atoms with Crippen LogP contribution in [0.1, 0.15) is 0 Å². The minimum Gasteiger partial charge on any atom is -0.505 e. The zero-order chi connectivity index (χ0) is 11.4. The molecule has 6 heteroatoms. The highest BCUT2D eigenvalue weighted by Crippen LogP contribution is 2.39. The standard InChI is InChI=1S/C9H10I2O4/c1-13-4-15-6-3-5(14-2)7(10)9(12)8(6)11/h3,12H,4H2,1-2H3. The number of methoxy groups -OCH3 is 2. The third-order valence-electron chi connectivity index (χ3n) is 1.66. The second-order valence-corrected chi connectivity index (χ2v) is 4.76. The minimum absolute atomic E-state index is 0.138. The largest absolute Gasteiger partial charge is 0.505 e. The molecule has 0 saturated heterocycles. The Morgan fingerprint density at radius 3 is 2.33 bits per heavy atom. The van der Waals surface area contributed by atoms with Crippen LogP contribution in [0.5, 0.6) is 17.2 Å². The van der Waals surface area contributed by atoms with Crippen molar-refractivity contribution in [3.63, 3.8) is 0 Å². The van der Waals surface area contributed by atoms with Gasteiger partial charge in [-0.15, -0.1) is 0 Å². The Hall–Kier alpha value is 0.0400. The van der Waals surface area contributed by atoms with E-state index >= 15 is 0 Å². The van der Waals surface area contributed by atoms with E-state index in [4.69, 9.17) is 14.2 Å². The summed E-state index contributed by atoms with van der Waals surface area (Å²) in [5.41, 5.74) is 0. The van der Waals surface area contributed by atoms with E-state index in [1.165, 1.54) is 7.11 Å². The molecule has 0 aliphatic rings. The van der Waals surface area contributed by atoms with Crippen LogP contribution < -0.4 is 9.47 Å². The van der Waals surface area contributed by atoms with Crippen molar-refractivity contribution in [3.05, 3.63) is 13.2 Å². The number of aromatic hydroxyl groups is 1. The zero-order valence-electron chi connectivity index (χ0n) is 8.21. The average Bonchev–Trinajstić information content (AvgIpc) is 2.25. The monoisotopic (exact) mass is 436 g/mol. The molecule has 0 heterocycles. The van der Waals surface area contributed by atoms with Crippen LogP contribution in [0.3, 0.4) is 0 Å². The van der Waals surface area contributed by atoms with Crippen LogP contribution in [0, 0.1) is 7.14 Å². The number of phenolic OH excluding ortho intramolecular Hbond substituents is 1. The number of halogens is 2. The summed E-state index contributed by atoms with van der Waals surface area (Å²) in [6.07, 6.45) is 0. The van der Waals surface area contributed by atoms with Crippen molar-refractivity contribution >= 4 is 45.2 Å². The lowest BCUT2D eigenvalue weighted by Gasteiger charge is -2.12. The topological polar surface area (TPSA) is 47.9 Å². The summed E-state index contributed by atoms with van der Waals surface area (Å²) in [4.78, 5) is 0. The van der Waals surface area contributed by atoms with E-state index in [2.05, 4.69) is 0 Å². The summed E-state index contributed by atoms with van der Waals surface area (Å²) in [6, 6.07) is 1.72. The van der Waals surface area contributed by atoms with Gasteiger partial charge in [-0.1, -0.05) is 0 Å². The summed E-state index contributed by atoms with van der Waals surface area (Å²) in [6.45, 7) is 0.138. The maximum absolute atomic E-state index is 9.78. The smallest absolute Gasteiger partial charge is 0.188 e. The lowest BCUT2D eigenvalue weighted by molar-refractivity contribution is 0.0501. The molecule has 1 aromatic rings. The van der Waals surface area contributed by atoms with Crippen LogP contribution in [0.2, 0.25) is 0 Å². The summed E-state index contributed by atoms with van der Waals surface area (Å²) in [5, 5.41) is 9.78. The molecule has 0 saturated carbocycles. The SMILES string of the molecule is COCOc1cc(OC)c(I)c(O)c1I. The van der Waals surface area contributed by atoms with Gasteiger partial charge < -0.3 is 19.3 Å². The molecule has 1 aromatic carbocycles. The Kier molecular flexibility index (Phi) is 5.19. The molecule has 4 nitrogen and oxygen atoms in total. The third kappa shape index (κ3) is 3.00. The molecule has 0 aliphatic heterocycles. The van der Waals surface area contributed by atoms with Crippen LogP contribution in [-0.4, -0.2) is 26.1 Å². The van der Waals surface area contributed by atoms with Gasteiger partial charge in [0.05, 0.1) is 14.3 Å². The van der Waals surface area contributed by atoms with E-state index in [0.717, 1.165) is 0 Å². The van der Waals surface area contributed by atoms with Gasteiger partial charge in [0.2, 0.25) is 0 Å². The van der Waals surface area contributed by atoms with E-state index < -0.39 is 0 Å². The Labute approximate surface area is 115 Å². The molecule has 0 bridgehead atoms. The molecule has 0 aromatic heterocycles. The molecular weight excluding hydrogens is 426 g/mol. The molecule has 1 N–H and O–H groups in total. The Morgan fingerprint density at radius 2 is 1.80 bits per heavy atom. The van der Waals surface area contributed by atoms with Crippen molar-refractivity contribution < 1.29 is 19.3 Å². The number of benzene rings is 1. The van der Waals surface area contributed by atoms with Crippen molar-refractivity contribution in [2.24, 2.45) is 0 Å². The summed E-state index contributed by atoms with van der Waals surface area (Å²) >= 11 is 4.03. The molecule has 0 radical (unpaired) electrons. The minimum atomic E-state index is 0.138. The number of rotatable bonds is 4. The molecule has 84 valence electrons. The van der Waals surface area contributed by atoms with Crippen molar-refractivity contribution in [1.82, 2.24) is 0 Å². The van der Waals surface area contributed by atoms with Crippen molar-refractivity contribution in [2.75, 3.05) is 21.0 Å². The fourth-order valence-electron chi connectivity index (χ4n) is 0.952. The average molecular weight is 436 g/mol. The normalized spacial score (nSPS) is 10.1. The third-order valence-corrected chi connectivity index (χ3v) is 3.75. The highest BCUT2D eigenvalue weighted by atomic mass is 127. The quantitative estimate of drug-likeness (QED) is 0.583. The van der Waals surface area contributed by atoms with E-state index in [0.29, 0.717) is 18.6 Å². The second-order valence-electron chi connectivity index (χ2n) is 2.60. The molecule has 15 heavy (non-hydrogen) atoms. The predicted molar refractivity (Wildman–Crippen MR) is 72.6 cm³/mol. The molecule has 0 atom stereocenters. The van der Waals surface area contributed by atoms with Crippen molar-refractivity contribution in [1.29, 1.82) is 0 Å². The first-order chi connectivity index (χ1) is 7.11. The first-order valence-corrected chi connectivity index (χ1v) is 6.14. The maximum Gasteiger partial charge on any atom is 0.188 e. The predicted octanol–water partition coefficient (Wildman–Crippen LogP) is 2.59. The van der Waals surface area contributed by atoms with Crippen LogP contribution in [0.25, 0.3) is 0 Å². The summed E-state index contributed by atoms with van der Waals surface area (Å²) < 4.78 is 16.5. The number of hydrogen-bond donors (Lipinski definition) is 1. The zero-order valence-corrected chi connectivity index (χ0v) is 12.5. The molecule has 1 rings (SSSR count). The first-order valence-electron chi connectivity index (χ1n) is 3.98. The highest BCUT2D eigenvalue weighted by Gasteiger charge is 2.15. The second kappa shape index (κ2) is 5.94. The van der Waals surface area contributed by atoms with Crippen LogP contribution in [-0.2, 0) is 4.74 Å². The van der Waals surface area contributed by atoms with Gasteiger partial charge in [-0.2, -0.15) is 0 Å². The Morgan fingerprint density at radius 1 is 1.20 bits per heavy atom. The van der Waals surface area contributed by atoms with Gasteiger partial charge in [-0.05, 0) is 45.2 Å². The van der Waals surface area contributed by atoms with E-state index in [9.17, 15) is 5.11 Å². The lowest BCUT2D eigenvalue weighted by Crippen LogP contribution is -2.01.